The van der Waals surface area contributed by atoms with Gasteiger partial charge in [0.25, 0.3) is 5.91 Å². The summed E-state index contributed by atoms with van der Waals surface area (Å²) in [5, 5.41) is 8.60. The smallest absolute Gasteiger partial charge is 0.315 e. The van der Waals surface area contributed by atoms with Crippen LogP contribution in [0.3, 0.4) is 0 Å². The number of Topliss-reactive ketones (excluding diaryl/α,β-unsaturated/α-hetero) is 1. The van der Waals surface area contributed by atoms with E-state index in [2.05, 4.69) is 16.0 Å². The molecule has 4 aliphatic rings. The van der Waals surface area contributed by atoms with Gasteiger partial charge in [0.2, 0.25) is 17.6 Å². The zero-order chi connectivity index (χ0) is 36.0. The van der Waals surface area contributed by atoms with E-state index in [4.69, 9.17) is 5.73 Å². The topological polar surface area (TPSA) is 185 Å². The molecule has 0 aromatic carbocycles. The Bertz CT molecular complexity index is 1370. The van der Waals surface area contributed by atoms with E-state index in [1.54, 1.807) is 0 Å². The van der Waals surface area contributed by atoms with Crippen LogP contribution >= 0.6 is 0 Å². The number of amides is 5. The molecule has 12 nitrogen and oxygen atoms in total. The normalized spacial score (nSPS) is 26.1. The molecular formula is C35H59N5O7S. The lowest BCUT2D eigenvalue weighted by atomic mass is 9.84. The Morgan fingerprint density at radius 3 is 2.02 bits per heavy atom. The molecular weight excluding hydrogens is 634 g/mol. The first-order valence-electron chi connectivity index (χ1n) is 17.7. The number of primary amides is 1. The van der Waals surface area contributed by atoms with Crippen molar-refractivity contribution < 1.29 is 32.4 Å². The van der Waals surface area contributed by atoms with Crippen molar-refractivity contribution in [3.63, 3.8) is 0 Å². The number of nitrogens with zero attached hydrogens (tertiary/aromatic N) is 1. The number of hydrogen-bond donors (Lipinski definition) is 4. The van der Waals surface area contributed by atoms with Crippen molar-refractivity contribution in [3.8, 4) is 0 Å². The van der Waals surface area contributed by atoms with Gasteiger partial charge in [-0.2, -0.15) is 0 Å². The third-order valence-corrected chi connectivity index (χ3v) is 13.1. The minimum atomic E-state index is -3.49. The lowest BCUT2D eigenvalue weighted by molar-refractivity contribution is -0.145. The number of likely N-dealkylation sites (tertiary alicyclic amines) is 1. The van der Waals surface area contributed by atoms with E-state index in [-0.39, 0.29) is 40.6 Å². The van der Waals surface area contributed by atoms with Gasteiger partial charge in [0, 0.05) is 12.6 Å². The zero-order valence-electron chi connectivity index (χ0n) is 30.2. The maximum Gasteiger partial charge on any atom is 0.315 e. The van der Waals surface area contributed by atoms with Gasteiger partial charge in [-0.15, -0.1) is 0 Å². The molecule has 3 saturated carbocycles. The number of ketones is 1. The molecule has 13 heteroatoms. The van der Waals surface area contributed by atoms with E-state index >= 15 is 0 Å². The van der Waals surface area contributed by atoms with Crippen LogP contribution in [0.15, 0.2) is 0 Å². The zero-order valence-corrected chi connectivity index (χ0v) is 31.0. The Kier molecular flexibility index (Phi) is 11.0. The molecule has 4 fully saturated rings. The van der Waals surface area contributed by atoms with Gasteiger partial charge >= 0.3 is 6.03 Å². The van der Waals surface area contributed by atoms with E-state index in [0.717, 1.165) is 44.9 Å². The van der Waals surface area contributed by atoms with Gasteiger partial charge in [0.15, 0.2) is 9.84 Å². The van der Waals surface area contributed by atoms with Crippen LogP contribution in [-0.4, -0.2) is 85.1 Å². The first-order valence-corrected chi connectivity index (χ1v) is 19.6. The molecule has 272 valence electrons. The second kappa shape index (κ2) is 13.9. The van der Waals surface area contributed by atoms with E-state index < -0.39 is 74.4 Å². The second-order valence-electron chi connectivity index (χ2n) is 17.9. The van der Waals surface area contributed by atoms with Gasteiger partial charge in [-0.25, -0.2) is 13.2 Å². The summed E-state index contributed by atoms with van der Waals surface area (Å²) in [6, 6.07) is -4.17. The van der Waals surface area contributed by atoms with Crippen molar-refractivity contribution in [2.45, 2.75) is 131 Å². The molecule has 48 heavy (non-hydrogen) atoms. The first kappa shape index (κ1) is 38.1. The van der Waals surface area contributed by atoms with Gasteiger partial charge in [-0.05, 0) is 59.2 Å². The van der Waals surface area contributed by atoms with Crippen molar-refractivity contribution in [1.82, 2.24) is 20.9 Å². The van der Waals surface area contributed by atoms with Crippen molar-refractivity contribution in [3.05, 3.63) is 0 Å². The number of carbonyl (C=O) groups is 5. The maximum atomic E-state index is 14.4. The molecule has 5 amide bonds. The van der Waals surface area contributed by atoms with Crippen LogP contribution in [0.25, 0.3) is 0 Å². The summed E-state index contributed by atoms with van der Waals surface area (Å²) in [5.41, 5.74) is 3.92. The predicted molar refractivity (Wildman–Crippen MR) is 183 cm³/mol. The molecule has 0 bridgehead atoms. The number of carbonyl (C=O) groups excluding carboxylic acids is 5. The average Bonchev–Trinajstić information content (AvgIpc) is 3.80. The Hall–Kier alpha value is -2.70. The standard InChI is InChI=1S/C35H59N5O7S/c1-33(2,3)19-48(46,47)18-24(21-12-10-9-11-13-21)38-32(45)39-28(34(4,5)6)31(44)40-17-22-25(35(22,7)8)26(40)30(43)37-23(16-20-14-15-20)27(41)29(36)42/h20-26,28H,9-19H2,1-8H3,(H2,36,42)(H,37,43)(H2,38,39,45)/t22-,23?,24+,25-,26-,28+/m0/s1. The van der Waals surface area contributed by atoms with Crippen molar-refractivity contribution in [2.75, 3.05) is 18.1 Å². The van der Waals surface area contributed by atoms with Crippen LogP contribution in [0.1, 0.15) is 107 Å². The number of nitrogens with one attached hydrogen (secondary N) is 3. The van der Waals surface area contributed by atoms with Gasteiger partial charge in [0.05, 0.1) is 17.5 Å². The van der Waals surface area contributed by atoms with E-state index in [1.807, 2.05) is 55.4 Å². The van der Waals surface area contributed by atoms with E-state index in [9.17, 15) is 32.4 Å². The Balaban J connectivity index is 1.53. The largest absolute Gasteiger partial charge is 0.363 e. The van der Waals surface area contributed by atoms with Crippen LogP contribution < -0.4 is 21.7 Å². The summed E-state index contributed by atoms with van der Waals surface area (Å²) in [5.74, 6) is -2.89. The molecule has 1 heterocycles. The molecule has 4 rings (SSSR count). The van der Waals surface area contributed by atoms with E-state index in [1.165, 1.54) is 4.90 Å². The van der Waals surface area contributed by atoms with Crippen molar-refractivity contribution in [1.29, 1.82) is 0 Å². The highest BCUT2D eigenvalue weighted by molar-refractivity contribution is 7.91. The minimum absolute atomic E-state index is 0.000728. The number of nitrogens with two attached hydrogens (primary N) is 1. The van der Waals surface area contributed by atoms with Crippen LogP contribution in [0.2, 0.25) is 0 Å². The van der Waals surface area contributed by atoms with Crippen LogP contribution in [0.5, 0.6) is 0 Å². The number of piperidine rings is 1. The van der Waals surface area contributed by atoms with Crippen molar-refractivity contribution in [2.24, 2.45) is 45.7 Å². The molecule has 0 aromatic rings. The Morgan fingerprint density at radius 2 is 1.50 bits per heavy atom. The molecule has 1 saturated heterocycles. The summed E-state index contributed by atoms with van der Waals surface area (Å²) >= 11 is 0. The highest BCUT2D eigenvalue weighted by atomic mass is 32.2. The van der Waals surface area contributed by atoms with Gasteiger partial charge in [-0.3, -0.25) is 19.2 Å². The van der Waals surface area contributed by atoms with Crippen LogP contribution in [0.4, 0.5) is 4.79 Å². The van der Waals surface area contributed by atoms with Gasteiger partial charge in [0.1, 0.15) is 12.1 Å². The number of urea groups is 1. The lowest BCUT2D eigenvalue weighted by Gasteiger charge is -2.38. The summed E-state index contributed by atoms with van der Waals surface area (Å²) in [4.78, 5) is 67.9. The third kappa shape index (κ3) is 9.29. The molecule has 0 spiro atoms. The highest BCUT2D eigenvalue weighted by Gasteiger charge is 2.70. The fourth-order valence-electron chi connectivity index (χ4n) is 8.14. The summed E-state index contributed by atoms with van der Waals surface area (Å²) in [6.07, 6.45) is 6.80. The summed E-state index contributed by atoms with van der Waals surface area (Å²) in [6.45, 7) is 15.5. The highest BCUT2D eigenvalue weighted by Crippen LogP contribution is 2.65. The number of sulfone groups is 1. The monoisotopic (exact) mass is 693 g/mol. The molecule has 0 radical (unpaired) electrons. The maximum absolute atomic E-state index is 14.4. The molecule has 6 atom stereocenters. The molecule has 0 aromatic heterocycles. The van der Waals surface area contributed by atoms with E-state index in [0.29, 0.717) is 13.0 Å². The average molecular weight is 694 g/mol. The molecule has 1 unspecified atom stereocenters. The van der Waals surface area contributed by atoms with Gasteiger partial charge < -0.3 is 26.6 Å². The predicted octanol–water partition coefficient (Wildman–Crippen LogP) is 2.93. The number of rotatable bonds is 13. The summed E-state index contributed by atoms with van der Waals surface area (Å²) < 4.78 is 26.5. The second-order valence-corrected chi connectivity index (χ2v) is 20.0. The molecule has 5 N–H and O–H groups in total. The summed E-state index contributed by atoms with van der Waals surface area (Å²) in [7, 11) is -3.49. The Morgan fingerprint density at radius 1 is 0.896 bits per heavy atom. The fraction of sp³-hybridized carbons (Fsp3) is 0.857. The van der Waals surface area contributed by atoms with Crippen molar-refractivity contribution >= 4 is 39.4 Å². The fourth-order valence-corrected chi connectivity index (χ4v) is 10.5. The number of hydrogen-bond acceptors (Lipinski definition) is 7. The quantitative estimate of drug-likeness (QED) is 0.214. The van der Waals surface area contributed by atoms with Crippen LogP contribution in [0, 0.1) is 39.9 Å². The minimum Gasteiger partial charge on any atom is -0.363 e. The van der Waals surface area contributed by atoms with Crippen LogP contribution in [-0.2, 0) is 29.0 Å². The first-order chi connectivity index (χ1) is 22.0. The van der Waals surface area contributed by atoms with Gasteiger partial charge in [-0.1, -0.05) is 87.5 Å². The Labute approximate surface area is 286 Å². The number of fused-ring (bicyclic) bond motifs is 1. The molecule has 3 aliphatic carbocycles. The lowest BCUT2D eigenvalue weighted by Crippen LogP contribution is -2.62. The SMILES string of the molecule is CC(C)(C)CS(=O)(=O)C[C@@H](NC(=O)N[C@H](C(=O)N1C[C@H]2[C@@H]([C@H]1C(=O)NC(CC1CC1)C(=O)C(N)=O)C2(C)C)C(C)(C)C)C1CCCCC1. The third-order valence-electron chi connectivity index (χ3n) is 10.9. The molecule has 1 aliphatic heterocycles.